The number of nitrogens with zero attached hydrogens (tertiary/aromatic N) is 2. The Hall–Kier alpha value is -2.74. The van der Waals surface area contributed by atoms with Crippen LogP contribution in [0, 0.1) is 12.7 Å². The van der Waals surface area contributed by atoms with E-state index in [9.17, 15) is 14.0 Å². The predicted molar refractivity (Wildman–Crippen MR) is 102 cm³/mol. The lowest BCUT2D eigenvalue weighted by atomic mass is 10.1. The number of ether oxygens (including phenoxy) is 1. The van der Waals surface area contributed by atoms with Crippen molar-refractivity contribution in [3.8, 4) is 11.4 Å². The average molecular weight is 388 g/mol. The number of rotatable bonds is 5. The minimum absolute atomic E-state index is 0.201. The average Bonchev–Trinajstić information content (AvgIpc) is 2.86. The van der Waals surface area contributed by atoms with Crippen molar-refractivity contribution in [2.24, 2.45) is 0 Å². The van der Waals surface area contributed by atoms with Crippen LogP contribution in [0.5, 0.6) is 0 Å². The maximum absolute atomic E-state index is 14.6. The molecule has 28 heavy (non-hydrogen) atoms. The number of aromatic nitrogens is 2. The molecule has 0 saturated carbocycles. The number of esters is 1. The predicted octanol–water partition coefficient (Wildman–Crippen LogP) is 2.17. The number of benzene rings is 1. The number of nitrogens with one attached hydrogen (secondary N) is 2. The minimum Gasteiger partial charge on any atom is -0.467 e. The zero-order valence-corrected chi connectivity index (χ0v) is 16.3. The van der Waals surface area contributed by atoms with E-state index in [1.165, 1.54) is 13.2 Å². The molecule has 8 heteroatoms. The largest absolute Gasteiger partial charge is 0.467 e. The summed E-state index contributed by atoms with van der Waals surface area (Å²) in [5.41, 5.74) is 2.05. The third kappa shape index (κ3) is 3.91. The number of fused-ring (bicyclic) bond motifs is 1. The molecule has 0 saturated heterocycles. The van der Waals surface area contributed by atoms with E-state index in [0.29, 0.717) is 36.6 Å². The molecule has 3 rings (SSSR count). The van der Waals surface area contributed by atoms with Gasteiger partial charge in [0.15, 0.2) is 5.69 Å². The van der Waals surface area contributed by atoms with Crippen LogP contribution in [-0.4, -0.2) is 41.1 Å². The summed E-state index contributed by atoms with van der Waals surface area (Å²) < 4.78 is 21.2. The zero-order chi connectivity index (χ0) is 20.3. The van der Waals surface area contributed by atoms with E-state index >= 15 is 0 Å². The summed E-state index contributed by atoms with van der Waals surface area (Å²) in [6.45, 7) is 5.46. The number of methoxy groups -OCH3 is 1. The third-order valence-electron chi connectivity index (χ3n) is 4.88. The molecular weight excluding hydrogens is 363 g/mol. The second-order valence-electron chi connectivity index (χ2n) is 6.85. The number of halogens is 1. The number of carbonyl (C=O) groups is 2. The Morgan fingerprint density at radius 2 is 2.21 bits per heavy atom. The molecule has 1 aliphatic heterocycles. The van der Waals surface area contributed by atoms with Crippen LogP contribution >= 0.6 is 0 Å². The lowest BCUT2D eigenvalue weighted by molar-refractivity contribution is -0.142. The summed E-state index contributed by atoms with van der Waals surface area (Å²) in [6, 6.07) is 4.20. The Bertz CT molecular complexity index is 894. The van der Waals surface area contributed by atoms with Gasteiger partial charge >= 0.3 is 5.97 Å². The van der Waals surface area contributed by atoms with Crippen molar-refractivity contribution in [2.45, 2.75) is 45.8 Å². The van der Waals surface area contributed by atoms with Gasteiger partial charge in [0.05, 0.1) is 18.4 Å². The van der Waals surface area contributed by atoms with Gasteiger partial charge in [-0.15, -0.1) is 0 Å². The Labute approximate surface area is 163 Å². The third-order valence-corrected chi connectivity index (χ3v) is 4.88. The second-order valence-corrected chi connectivity index (χ2v) is 6.85. The molecule has 1 aromatic heterocycles. The number of imidazole rings is 1. The van der Waals surface area contributed by atoms with Crippen molar-refractivity contribution >= 4 is 11.9 Å². The standard InChI is InChI=1S/C20H25FN4O3/c1-4-15(20(27)28-3)23-19(26)17-16-11-22-8-5-9-25(16)18(24-17)13-7-6-12(2)10-14(13)21/h6-7,10,15,22H,4-5,8-9,11H2,1-3H3,(H,23,26). The van der Waals surface area contributed by atoms with Crippen molar-refractivity contribution in [1.82, 2.24) is 20.2 Å². The van der Waals surface area contributed by atoms with E-state index in [1.54, 1.807) is 13.0 Å². The molecule has 2 aromatic rings. The van der Waals surface area contributed by atoms with Crippen molar-refractivity contribution in [2.75, 3.05) is 13.7 Å². The number of hydrogen-bond acceptors (Lipinski definition) is 5. The smallest absolute Gasteiger partial charge is 0.328 e. The van der Waals surface area contributed by atoms with Gasteiger partial charge < -0.3 is 19.9 Å². The summed E-state index contributed by atoms with van der Waals surface area (Å²) in [7, 11) is 1.28. The Morgan fingerprint density at radius 3 is 2.89 bits per heavy atom. The van der Waals surface area contributed by atoms with Crippen molar-refractivity contribution in [1.29, 1.82) is 0 Å². The molecule has 2 heterocycles. The van der Waals surface area contributed by atoms with Crippen LogP contribution in [0.2, 0.25) is 0 Å². The van der Waals surface area contributed by atoms with Gasteiger partial charge in [-0.05, 0) is 44.0 Å². The van der Waals surface area contributed by atoms with Crippen LogP contribution in [0.1, 0.15) is 41.5 Å². The van der Waals surface area contributed by atoms with Crippen molar-refractivity contribution in [3.05, 3.63) is 41.0 Å². The molecular formula is C20H25FN4O3. The summed E-state index contributed by atoms with van der Waals surface area (Å²) in [5, 5.41) is 5.94. The fourth-order valence-corrected chi connectivity index (χ4v) is 3.36. The lowest BCUT2D eigenvalue weighted by Gasteiger charge is -2.14. The maximum atomic E-state index is 14.6. The van der Waals surface area contributed by atoms with Crippen molar-refractivity contribution in [3.63, 3.8) is 0 Å². The van der Waals surface area contributed by atoms with E-state index in [-0.39, 0.29) is 11.5 Å². The minimum atomic E-state index is -0.756. The normalized spacial score (nSPS) is 14.7. The van der Waals surface area contributed by atoms with E-state index < -0.39 is 17.9 Å². The number of carbonyl (C=O) groups excluding carboxylic acids is 2. The molecule has 1 aromatic carbocycles. The Balaban J connectivity index is 2.03. The fraction of sp³-hybridized carbons (Fsp3) is 0.450. The Morgan fingerprint density at radius 1 is 1.43 bits per heavy atom. The van der Waals surface area contributed by atoms with Gasteiger partial charge in [-0.25, -0.2) is 14.2 Å². The lowest BCUT2D eigenvalue weighted by Crippen LogP contribution is -2.41. The molecule has 7 nitrogen and oxygen atoms in total. The zero-order valence-electron chi connectivity index (χ0n) is 16.3. The molecule has 1 atom stereocenters. The van der Waals surface area contributed by atoms with E-state index in [2.05, 4.69) is 15.6 Å². The molecule has 0 bridgehead atoms. The van der Waals surface area contributed by atoms with Gasteiger partial charge in [0.1, 0.15) is 17.7 Å². The highest BCUT2D eigenvalue weighted by atomic mass is 19.1. The first-order valence-corrected chi connectivity index (χ1v) is 9.41. The van der Waals surface area contributed by atoms with Gasteiger partial charge in [0.2, 0.25) is 0 Å². The van der Waals surface area contributed by atoms with E-state index in [0.717, 1.165) is 18.5 Å². The molecule has 0 fully saturated rings. The van der Waals surface area contributed by atoms with Gasteiger partial charge in [-0.1, -0.05) is 13.0 Å². The summed E-state index contributed by atoms with van der Waals surface area (Å²) in [4.78, 5) is 29.2. The first kappa shape index (κ1) is 20.0. The number of hydrogen-bond donors (Lipinski definition) is 2. The monoisotopic (exact) mass is 388 g/mol. The van der Waals surface area contributed by atoms with Gasteiger partial charge in [-0.3, -0.25) is 4.79 Å². The highest BCUT2D eigenvalue weighted by Gasteiger charge is 2.28. The molecule has 150 valence electrons. The van der Waals surface area contributed by atoms with Gasteiger partial charge in [0.25, 0.3) is 5.91 Å². The van der Waals surface area contributed by atoms with Crippen LogP contribution in [-0.2, 0) is 22.6 Å². The van der Waals surface area contributed by atoms with Crippen LogP contribution in [0.25, 0.3) is 11.4 Å². The molecule has 0 spiro atoms. The summed E-state index contributed by atoms with van der Waals surface area (Å²) >= 11 is 0. The molecule has 2 N–H and O–H groups in total. The molecule has 1 amide bonds. The van der Waals surface area contributed by atoms with Crippen LogP contribution in [0.4, 0.5) is 4.39 Å². The van der Waals surface area contributed by atoms with Crippen LogP contribution < -0.4 is 10.6 Å². The molecule has 0 radical (unpaired) electrons. The molecule has 1 unspecified atom stereocenters. The van der Waals surface area contributed by atoms with E-state index in [1.807, 2.05) is 17.6 Å². The SMILES string of the molecule is CCC(NC(=O)c1nc(-c2ccc(C)cc2F)n2c1CNCCC2)C(=O)OC. The van der Waals surface area contributed by atoms with Gasteiger partial charge in [-0.2, -0.15) is 0 Å². The van der Waals surface area contributed by atoms with Crippen LogP contribution in [0.3, 0.4) is 0 Å². The second kappa shape index (κ2) is 8.52. The number of amides is 1. The Kier molecular flexibility index (Phi) is 6.08. The fourth-order valence-electron chi connectivity index (χ4n) is 3.36. The highest BCUT2D eigenvalue weighted by molar-refractivity contribution is 5.96. The summed E-state index contributed by atoms with van der Waals surface area (Å²) in [6.07, 6.45) is 1.23. The molecule has 1 aliphatic rings. The highest BCUT2D eigenvalue weighted by Crippen LogP contribution is 2.27. The number of aryl methyl sites for hydroxylation is 1. The quantitative estimate of drug-likeness (QED) is 0.767. The van der Waals surface area contributed by atoms with Gasteiger partial charge in [0, 0.05) is 13.1 Å². The summed E-state index contributed by atoms with van der Waals surface area (Å²) in [5.74, 6) is -0.932. The maximum Gasteiger partial charge on any atom is 0.328 e. The first-order chi connectivity index (χ1) is 13.5. The molecule has 0 aliphatic carbocycles. The van der Waals surface area contributed by atoms with Crippen molar-refractivity contribution < 1.29 is 18.7 Å². The topological polar surface area (TPSA) is 85.3 Å². The van der Waals surface area contributed by atoms with Crippen LogP contribution in [0.15, 0.2) is 18.2 Å². The first-order valence-electron chi connectivity index (χ1n) is 9.41. The van der Waals surface area contributed by atoms with E-state index in [4.69, 9.17) is 4.74 Å².